The Hall–Kier alpha value is -2.07. The van der Waals surface area contributed by atoms with Crippen molar-refractivity contribution >= 4 is 5.71 Å². The zero-order valence-electron chi connectivity index (χ0n) is 12.8. The fourth-order valence-corrected chi connectivity index (χ4v) is 3.15. The van der Waals surface area contributed by atoms with Gasteiger partial charge in [0.15, 0.2) is 23.8 Å². The Morgan fingerprint density at radius 1 is 1.13 bits per heavy atom. The van der Waals surface area contributed by atoms with Crippen molar-refractivity contribution in [1.29, 1.82) is 0 Å². The molecule has 120 valence electrons. The van der Waals surface area contributed by atoms with Gasteiger partial charge in [-0.05, 0) is 29.8 Å². The Morgan fingerprint density at radius 2 is 1.87 bits per heavy atom. The van der Waals surface area contributed by atoms with Crippen molar-refractivity contribution in [3.05, 3.63) is 58.9 Å². The van der Waals surface area contributed by atoms with Gasteiger partial charge in [-0.1, -0.05) is 12.1 Å². The van der Waals surface area contributed by atoms with Crippen LogP contribution in [-0.2, 0) is 13.0 Å². The summed E-state index contributed by atoms with van der Waals surface area (Å²) in [6.07, 6.45) is 0.928. The zero-order valence-corrected chi connectivity index (χ0v) is 13.6. The molecular formula is C18H17ClFNO2. The number of benzene rings is 2. The van der Waals surface area contributed by atoms with Crippen LogP contribution in [-0.4, -0.2) is 23.6 Å². The van der Waals surface area contributed by atoms with Gasteiger partial charge in [-0.2, -0.15) is 0 Å². The van der Waals surface area contributed by atoms with Crippen molar-refractivity contribution in [2.45, 2.75) is 19.9 Å². The maximum absolute atomic E-state index is 13.9. The lowest BCUT2D eigenvalue weighted by atomic mass is 9.96. The number of nitrogens with zero attached hydrogens (tertiary/aromatic N) is 1. The molecule has 2 aliphatic rings. The molecule has 0 fully saturated rings. The van der Waals surface area contributed by atoms with Gasteiger partial charge < -0.3 is 21.9 Å². The highest BCUT2D eigenvalue weighted by Gasteiger charge is 2.27. The minimum atomic E-state index is -0.146. The fraction of sp³-hybridized carbons (Fsp3) is 0.278. The topological polar surface area (TPSA) is 21.5 Å². The van der Waals surface area contributed by atoms with Gasteiger partial charge in [0.05, 0.1) is 5.56 Å². The monoisotopic (exact) mass is 333 g/mol. The zero-order chi connectivity index (χ0) is 15.1. The van der Waals surface area contributed by atoms with Crippen molar-refractivity contribution in [3.8, 4) is 11.5 Å². The van der Waals surface area contributed by atoms with Gasteiger partial charge in [0.1, 0.15) is 12.4 Å². The highest BCUT2D eigenvalue weighted by Crippen LogP contribution is 2.36. The summed E-state index contributed by atoms with van der Waals surface area (Å²) in [5.74, 6) is 1.48. The molecule has 4 rings (SSSR count). The molecular weight excluding hydrogens is 317 g/mol. The molecule has 0 aliphatic carbocycles. The lowest BCUT2D eigenvalue weighted by Crippen LogP contribution is -3.00. The molecule has 0 N–H and O–H groups in total. The Morgan fingerprint density at radius 3 is 2.65 bits per heavy atom. The standard InChI is InChI=1S/C18H17FNO2.ClH/c1-12-15-9-18-17(21-11-22-18)8-13(15)6-7-20(12)10-14-4-2-3-5-16(14)19;/h2-5,8-9H,6-7,10-11H2,1H3;1H/q+1;/p-1. The third-order valence-electron chi connectivity index (χ3n) is 4.43. The lowest BCUT2D eigenvalue weighted by molar-refractivity contribution is -0.545. The maximum atomic E-state index is 13.9. The molecule has 0 unspecified atom stereocenters. The molecule has 0 amide bonds. The van der Waals surface area contributed by atoms with Crippen molar-refractivity contribution in [3.63, 3.8) is 0 Å². The molecule has 2 heterocycles. The highest BCUT2D eigenvalue weighted by atomic mass is 35.5. The number of hydrogen-bond donors (Lipinski definition) is 0. The number of ether oxygens (including phenoxy) is 2. The molecule has 2 aromatic carbocycles. The van der Waals surface area contributed by atoms with Gasteiger partial charge in [-0.3, -0.25) is 0 Å². The van der Waals surface area contributed by atoms with Crippen LogP contribution in [0.1, 0.15) is 23.6 Å². The third kappa shape index (κ3) is 2.79. The van der Waals surface area contributed by atoms with Crippen LogP contribution in [0.25, 0.3) is 0 Å². The van der Waals surface area contributed by atoms with Crippen molar-refractivity contribution in [2.75, 3.05) is 13.3 Å². The Bertz CT molecular complexity index is 789. The summed E-state index contributed by atoms with van der Waals surface area (Å²) in [7, 11) is 0. The first kappa shape index (κ1) is 15.8. The molecule has 5 heteroatoms. The van der Waals surface area contributed by atoms with E-state index < -0.39 is 0 Å². The molecule has 0 radical (unpaired) electrons. The van der Waals surface area contributed by atoms with Crippen LogP contribution < -0.4 is 21.9 Å². The first-order chi connectivity index (χ1) is 10.7. The van der Waals surface area contributed by atoms with Gasteiger partial charge in [0, 0.05) is 18.9 Å². The van der Waals surface area contributed by atoms with E-state index in [4.69, 9.17) is 9.47 Å². The average molecular weight is 334 g/mol. The van der Waals surface area contributed by atoms with Crippen LogP contribution in [0.5, 0.6) is 11.5 Å². The van der Waals surface area contributed by atoms with E-state index in [0.29, 0.717) is 6.54 Å². The number of halogens is 2. The van der Waals surface area contributed by atoms with Gasteiger partial charge in [0.2, 0.25) is 6.79 Å². The number of fused-ring (bicyclic) bond motifs is 2. The second kappa shape index (κ2) is 6.20. The summed E-state index contributed by atoms with van der Waals surface area (Å²) in [5.41, 5.74) is 4.33. The molecule has 0 saturated heterocycles. The van der Waals surface area contributed by atoms with Gasteiger partial charge in [0.25, 0.3) is 0 Å². The normalized spacial score (nSPS) is 15.2. The van der Waals surface area contributed by atoms with Crippen LogP contribution in [0.2, 0.25) is 0 Å². The van der Waals surface area contributed by atoms with E-state index >= 15 is 0 Å². The van der Waals surface area contributed by atoms with E-state index in [1.807, 2.05) is 18.2 Å². The molecule has 3 nitrogen and oxygen atoms in total. The van der Waals surface area contributed by atoms with Gasteiger partial charge in [-0.25, -0.2) is 8.97 Å². The fourth-order valence-electron chi connectivity index (χ4n) is 3.15. The first-order valence-electron chi connectivity index (χ1n) is 7.47. The number of rotatable bonds is 2. The molecule has 2 aromatic rings. The minimum Gasteiger partial charge on any atom is -1.00 e. The lowest BCUT2D eigenvalue weighted by Gasteiger charge is -2.17. The molecule has 0 bridgehead atoms. The summed E-state index contributed by atoms with van der Waals surface area (Å²) < 4.78 is 27.0. The molecule has 2 aliphatic heterocycles. The molecule has 0 saturated carbocycles. The van der Waals surface area contributed by atoms with E-state index in [2.05, 4.69) is 17.6 Å². The van der Waals surface area contributed by atoms with E-state index in [1.165, 1.54) is 17.2 Å². The van der Waals surface area contributed by atoms with Gasteiger partial charge in [-0.15, -0.1) is 0 Å². The predicted octanol–water partition coefficient (Wildman–Crippen LogP) is 0.136. The summed E-state index contributed by atoms with van der Waals surface area (Å²) in [4.78, 5) is 0. The maximum Gasteiger partial charge on any atom is 0.231 e. The Kier molecular flexibility index (Phi) is 4.26. The largest absolute Gasteiger partial charge is 1.00 e. The third-order valence-corrected chi connectivity index (χ3v) is 4.43. The van der Waals surface area contributed by atoms with Crippen molar-refractivity contribution < 1.29 is 30.8 Å². The van der Waals surface area contributed by atoms with Crippen molar-refractivity contribution in [1.82, 2.24) is 0 Å². The Balaban J connectivity index is 0.00000156. The summed E-state index contributed by atoms with van der Waals surface area (Å²) in [6.45, 7) is 3.84. The van der Waals surface area contributed by atoms with E-state index in [1.54, 1.807) is 6.07 Å². The molecule has 0 spiro atoms. The second-order valence-electron chi connectivity index (χ2n) is 5.71. The minimum absolute atomic E-state index is 0. The first-order valence-corrected chi connectivity index (χ1v) is 7.47. The number of hydrogen-bond acceptors (Lipinski definition) is 2. The van der Waals surface area contributed by atoms with Crippen molar-refractivity contribution in [2.24, 2.45) is 0 Å². The van der Waals surface area contributed by atoms with E-state index in [-0.39, 0.29) is 25.0 Å². The van der Waals surface area contributed by atoms with Crippen LogP contribution in [0, 0.1) is 5.82 Å². The summed E-state index contributed by atoms with van der Waals surface area (Å²) >= 11 is 0. The van der Waals surface area contributed by atoms with Crippen LogP contribution in [0.3, 0.4) is 0 Å². The highest BCUT2D eigenvalue weighted by molar-refractivity contribution is 5.97. The quantitative estimate of drug-likeness (QED) is 0.729. The molecule has 23 heavy (non-hydrogen) atoms. The van der Waals surface area contributed by atoms with Gasteiger partial charge >= 0.3 is 0 Å². The second-order valence-corrected chi connectivity index (χ2v) is 5.71. The summed E-state index contributed by atoms with van der Waals surface area (Å²) in [6, 6.07) is 11.1. The van der Waals surface area contributed by atoms with E-state index in [0.717, 1.165) is 35.7 Å². The predicted molar refractivity (Wildman–Crippen MR) is 81.3 cm³/mol. The van der Waals surface area contributed by atoms with Crippen LogP contribution in [0.4, 0.5) is 4.39 Å². The molecule has 0 aromatic heterocycles. The average Bonchev–Trinajstić information content (AvgIpc) is 2.98. The van der Waals surface area contributed by atoms with Crippen LogP contribution in [0.15, 0.2) is 36.4 Å². The SMILES string of the molecule is CC1=[N+](Cc2ccccc2F)CCc2cc3c(cc21)OCO3.[Cl-]. The summed E-state index contributed by atoms with van der Waals surface area (Å²) in [5, 5.41) is 0. The van der Waals surface area contributed by atoms with Crippen LogP contribution >= 0.6 is 0 Å². The molecule has 0 atom stereocenters. The van der Waals surface area contributed by atoms with E-state index in [9.17, 15) is 4.39 Å². The Labute approximate surface area is 140 Å². The smallest absolute Gasteiger partial charge is 0.231 e.